The molecule has 0 aromatic heterocycles. The van der Waals surface area contributed by atoms with E-state index in [1.807, 2.05) is 0 Å². The summed E-state index contributed by atoms with van der Waals surface area (Å²) in [6, 6.07) is 0.710. The maximum absolute atomic E-state index is 5.57. The molecule has 0 spiro atoms. The molecule has 4 rings (SSSR count). The molecule has 1 atom stereocenters. The first-order valence-electron chi connectivity index (χ1n) is 9.03. The topological polar surface area (TPSA) is 21.3 Å². The molecule has 2 heteroatoms. The lowest BCUT2D eigenvalue weighted by atomic mass is 9.48. The lowest BCUT2D eigenvalue weighted by Crippen LogP contribution is -2.55. The SMILES string of the molecule is CCCOCCCNC(C)C12CC3CC(CC(C3)C1)C2. The van der Waals surface area contributed by atoms with Crippen molar-refractivity contribution in [3.8, 4) is 0 Å². The van der Waals surface area contributed by atoms with E-state index < -0.39 is 0 Å². The summed E-state index contributed by atoms with van der Waals surface area (Å²) in [4.78, 5) is 0. The van der Waals surface area contributed by atoms with Crippen molar-refractivity contribution in [3.63, 3.8) is 0 Å². The highest BCUT2D eigenvalue weighted by molar-refractivity contribution is 5.05. The van der Waals surface area contributed by atoms with Crippen LogP contribution in [-0.4, -0.2) is 25.8 Å². The minimum absolute atomic E-state index is 0.652. The molecule has 2 nitrogen and oxygen atoms in total. The molecule has 4 aliphatic carbocycles. The molecule has 1 unspecified atom stereocenters. The third-order valence-corrected chi connectivity index (χ3v) is 6.27. The number of ether oxygens (including phenoxy) is 1. The van der Waals surface area contributed by atoms with Crippen molar-refractivity contribution < 1.29 is 4.74 Å². The van der Waals surface area contributed by atoms with Gasteiger partial charge in [-0.25, -0.2) is 0 Å². The summed E-state index contributed by atoms with van der Waals surface area (Å²) >= 11 is 0. The first kappa shape index (κ1) is 14.8. The van der Waals surface area contributed by atoms with Crippen LogP contribution in [0, 0.1) is 23.2 Å². The van der Waals surface area contributed by atoms with Gasteiger partial charge in [0.2, 0.25) is 0 Å². The fourth-order valence-corrected chi connectivity index (χ4v) is 5.66. The summed E-state index contributed by atoms with van der Waals surface area (Å²) in [5.74, 6) is 3.20. The van der Waals surface area contributed by atoms with Gasteiger partial charge in [-0.3, -0.25) is 0 Å². The first-order chi connectivity index (χ1) is 9.72. The van der Waals surface area contributed by atoms with Gasteiger partial charge in [-0.15, -0.1) is 0 Å². The summed E-state index contributed by atoms with van der Waals surface area (Å²) in [5.41, 5.74) is 0.652. The molecule has 0 heterocycles. The fourth-order valence-electron chi connectivity index (χ4n) is 5.66. The van der Waals surface area contributed by atoms with E-state index in [2.05, 4.69) is 19.2 Å². The summed E-state index contributed by atoms with van der Waals surface area (Å²) < 4.78 is 5.57. The van der Waals surface area contributed by atoms with Crippen LogP contribution in [0.5, 0.6) is 0 Å². The fraction of sp³-hybridized carbons (Fsp3) is 1.00. The lowest BCUT2D eigenvalue weighted by molar-refractivity contribution is -0.0705. The van der Waals surface area contributed by atoms with E-state index in [-0.39, 0.29) is 0 Å². The summed E-state index contributed by atoms with van der Waals surface area (Å²) in [6.45, 7) is 7.61. The zero-order chi connectivity index (χ0) is 14.0. The highest BCUT2D eigenvalue weighted by Crippen LogP contribution is 2.61. The summed E-state index contributed by atoms with van der Waals surface area (Å²) in [6.07, 6.45) is 11.5. The van der Waals surface area contributed by atoms with Crippen LogP contribution < -0.4 is 5.32 Å². The molecule has 0 amide bonds. The average molecular weight is 279 g/mol. The number of nitrogens with one attached hydrogen (secondary N) is 1. The van der Waals surface area contributed by atoms with Crippen molar-refractivity contribution in [3.05, 3.63) is 0 Å². The molecule has 1 N–H and O–H groups in total. The van der Waals surface area contributed by atoms with Gasteiger partial charge in [0.25, 0.3) is 0 Å². The first-order valence-corrected chi connectivity index (χ1v) is 9.03. The van der Waals surface area contributed by atoms with Crippen molar-refractivity contribution in [2.75, 3.05) is 19.8 Å². The molecule has 4 fully saturated rings. The van der Waals surface area contributed by atoms with Crippen molar-refractivity contribution in [1.29, 1.82) is 0 Å². The van der Waals surface area contributed by atoms with E-state index in [1.54, 1.807) is 19.3 Å². The Labute approximate surface area is 125 Å². The molecule has 116 valence electrons. The highest BCUT2D eigenvalue weighted by atomic mass is 16.5. The second kappa shape index (κ2) is 6.36. The molecule has 20 heavy (non-hydrogen) atoms. The van der Waals surface area contributed by atoms with E-state index in [4.69, 9.17) is 4.74 Å². The highest BCUT2D eigenvalue weighted by Gasteiger charge is 2.52. The van der Waals surface area contributed by atoms with Crippen LogP contribution >= 0.6 is 0 Å². The molecule has 0 aromatic rings. The Hall–Kier alpha value is -0.0800. The molecule has 0 radical (unpaired) electrons. The quantitative estimate of drug-likeness (QED) is 0.678. The molecular weight excluding hydrogens is 246 g/mol. The molecule has 0 aromatic carbocycles. The predicted molar refractivity (Wildman–Crippen MR) is 83.8 cm³/mol. The minimum atomic E-state index is 0.652. The van der Waals surface area contributed by atoms with Crippen molar-refractivity contribution in [2.45, 2.75) is 71.3 Å². The summed E-state index contributed by atoms with van der Waals surface area (Å²) in [7, 11) is 0. The van der Waals surface area contributed by atoms with Gasteiger partial charge in [-0.2, -0.15) is 0 Å². The second-order valence-corrected chi connectivity index (χ2v) is 7.92. The van der Waals surface area contributed by atoms with Crippen LogP contribution in [0.15, 0.2) is 0 Å². The van der Waals surface area contributed by atoms with Crippen LogP contribution in [0.2, 0.25) is 0 Å². The van der Waals surface area contributed by atoms with Gasteiger partial charge in [-0.1, -0.05) is 6.92 Å². The Morgan fingerprint density at radius 1 is 1.05 bits per heavy atom. The Morgan fingerprint density at radius 2 is 1.65 bits per heavy atom. The maximum Gasteiger partial charge on any atom is 0.0478 e. The van der Waals surface area contributed by atoms with E-state index in [0.29, 0.717) is 11.5 Å². The van der Waals surface area contributed by atoms with E-state index in [0.717, 1.165) is 50.4 Å². The van der Waals surface area contributed by atoms with Crippen molar-refractivity contribution in [1.82, 2.24) is 5.32 Å². The second-order valence-electron chi connectivity index (χ2n) is 7.92. The largest absolute Gasteiger partial charge is 0.381 e. The van der Waals surface area contributed by atoms with Crippen LogP contribution in [0.1, 0.15) is 65.2 Å². The standard InChI is InChI=1S/C18H33NO/c1-3-6-20-7-4-5-19-14(2)18-11-15-8-16(12-18)10-17(9-15)13-18/h14-17,19H,3-13H2,1-2H3. The monoisotopic (exact) mass is 279 g/mol. The van der Waals surface area contributed by atoms with Crippen LogP contribution in [-0.2, 0) is 4.74 Å². The zero-order valence-corrected chi connectivity index (χ0v) is 13.5. The smallest absolute Gasteiger partial charge is 0.0478 e. The van der Waals surface area contributed by atoms with E-state index >= 15 is 0 Å². The van der Waals surface area contributed by atoms with Gasteiger partial charge < -0.3 is 10.1 Å². The third-order valence-electron chi connectivity index (χ3n) is 6.27. The Kier molecular flexibility index (Phi) is 4.72. The van der Waals surface area contributed by atoms with Crippen LogP contribution in [0.25, 0.3) is 0 Å². The van der Waals surface area contributed by atoms with Gasteiger partial charge in [-0.05, 0) is 88.0 Å². The Morgan fingerprint density at radius 3 is 2.20 bits per heavy atom. The Bertz CT molecular complexity index is 279. The molecular formula is C18H33NO. The molecule has 4 saturated carbocycles. The zero-order valence-electron chi connectivity index (χ0n) is 13.5. The molecule has 0 aliphatic heterocycles. The number of hydrogen-bond donors (Lipinski definition) is 1. The lowest BCUT2D eigenvalue weighted by Gasteiger charge is -2.59. The van der Waals surface area contributed by atoms with Gasteiger partial charge in [0.05, 0.1) is 0 Å². The third kappa shape index (κ3) is 3.06. The maximum atomic E-state index is 5.57. The minimum Gasteiger partial charge on any atom is -0.381 e. The van der Waals surface area contributed by atoms with E-state index in [9.17, 15) is 0 Å². The molecule has 4 aliphatic rings. The van der Waals surface area contributed by atoms with Gasteiger partial charge in [0, 0.05) is 19.3 Å². The van der Waals surface area contributed by atoms with Gasteiger partial charge in [0.15, 0.2) is 0 Å². The van der Waals surface area contributed by atoms with E-state index in [1.165, 1.54) is 19.3 Å². The van der Waals surface area contributed by atoms with Crippen molar-refractivity contribution in [2.24, 2.45) is 23.2 Å². The summed E-state index contributed by atoms with van der Waals surface area (Å²) in [5, 5.41) is 3.84. The number of rotatable bonds is 8. The van der Waals surface area contributed by atoms with Gasteiger partial charge in [0.1, 0.15) is 0 Å². The van der Waals surface area contributed by atoms with Crippen LogP contribution in [0.4, 0.5) is 0 Å². The Balaban J connectivity index is 1.44. The normalized spacial score (nSPS) is 40.2. The van der Waals surface area contributed by atoms with Crippen LogP contribution in [0.3, 0.4) is 0 Å². The van der Waals surface area contributed by atoms with Crippen molar-refractivity contribution >= 4 is 0 Å². The predicted octanol–water partition coefficient (Wildman–Crippen LogP) is 4.00. The number of hydrogen-bond acceptors (Lipinski definition) is 2. The average Bonchev–Trinajstić information content (AvgIpc) is 2.41. The molecule has 4 bridgehead atoms. The van der Waals surface area contributed by atoms with Gasteiger partial charge >= 0.3 is 0 Å². The molecule has 0 saturated heterocycles.